The zero-order valence-corrected chi connectivity index (χ0v) is 9.82. The average Bonchev–Trinajstić information content (AvgIpc) is 2.94. The van der Waals surface area contributed by atoms with Gasteiger partial charge in [0.05, 0.1) is 0 Å². The highest BCUT2D eigenvalue weighted by molar-refractivity contribution is 5.63. The predicted molar refractivity (Wildman–Crippen MR) is 71.3 cm³/mol. The Bertz CT molecular complexity index is 453. The zero-order chi connectivity index (χ0) is 11.5. The van der Waals surface area contributed by atoms with Gasteiger partial charge in [0.15, 0.2) is 0 Å². The van der Waals surface area contributed by atoms with E-state index in [2.05, 4.69) is 45.5 Å². The molecule has 3 heteroatoms. The fourth-order valence-electron chi connectivity index (χ4n) is 2.28. The van der Waals surface area contributed by atoms with Crippen LogP contribution < -0.4 is 10.2 Å². The Balaban J connectivity index is 1.80. The second kappa shape index (κ2) is 4.63. The number of H-pyrrole nitrogens is 1. The van der Waals surface area contributed by atoms with Crippen LogP contribution in [0, 0.1) is 0 Å². The molecule has 1 aliphatic rings. The molecular weight excluding hydrogens is 210 g/mol. The lowest BCUT2D eigenvalue weighted by molar-refractivity contribution is 0.589. The number of aromatic amines is 1. The van der Waals surface area contributed by atoms with Crippen molar-refractivity contribution in [3.63, 3.8) is 0 Å². The first-order chi connectivity index (χ1) is 8.43. The molecule has 2 heterocycles. The Morgan fingerprint density at radius 3 is 2.35 bits per heavy atom. The second-order valence-electron chi connectivity index (χ2n) is 4.37. The van der Waals surface area contributed by atoms with E-state index in [0.29, 0.717) is 0 Å². The lowest BCUT2D eigenvalue weighted by Crippen LogP contribution is -2.43. The van der Waals surface area contributed by atoms with Gasteiger partial charge in [0.1, 0.15) is 0 Å². The number of rotatable bonds is 2. The fourth-order valence-corrected chi connectivity index (χ4v) is 2.28. The summed E-state index contributed by atoms with van der Waals surface area (Å²) in [7, 11) is 0. The molecule has 1 aliphatic heterocycles. The first-order valence-electron chi connectivity index (χ1n) is 6.13. The topological polar surface area (TPSA) is 31.1 Å². The van der Waals surface area contributed by atoms with Gasteiger partial charge in [0.2, 0.25) is 0 Å². The number of hydrogen-bond acceptors (Lipinski definition) is 2. The first-order valence-corrected chi connectivity index (χ1v) is 6.13. The highest BCUT2D eigenvalue weighted by atomic mass is 15.2. The van der Waals surface area contributed by atoms with E-state index in [1.165, 1.54) is 16.9 Å². The maximum Gasteiger partial charge on any atom is 0.0453 e. The molecule has 0 spiro atoms. The lowest BCUT2D eigenvalue weighted by Gasteiger charge is -2.29. The molecule has 1 aromatic carbocycles. The summed E-state index contributed by atoms with van der Waals surface area (Å²) >= 11 is 0. The monoisotopic (exact) mass is 227 g/mol. The highest BCUT2D eigenvalue weighted by Crippen LogP contribution is 2.21. The summed E-state index contributed by atoms with van der Waals surface area (Å²) in [5, 5.41) is 3.37. The molecule has 0 unspecified atom stereocenters. The van der Waals surface area contributed by atoms with Crippen molar-refractivity contribution < 1.29 is 0 Å². The molecule has 0 amide bonds. The van der Waals surface area contributed by atoms with Gasteiger partial charge in [-0.05, 0) is 29.8 Å². The molecule has 1 saturated heterocycles. The van der Waals surface area contributed by atoms with Gasteiger partial charge in [-0.1, -0.05) is 12.1 Å². The molecule has 17 heavy (non-hydrogen) atoms. The minimum atomic E-state index is 1.08. The largest absolute Gasteiger partial charge is 0.369 e. The number of hydrogen-bond donors (Lipinski definition) is 2. The van der Waals surface area contributed by atoms with Crippen LogP contribution >= 0.6 is 0 Å². The molecule has 0 saturated carbocycles. The minimum Gasteiger partial charge on any atom is -0.369 e. The summed E-state index contributed by atoms with van der Waals surface area (Å²) < 4.78 is 0. The van der Waals surface area contributed by atoms with E-state index in [4.69, 9.17) is 0 Å². The van der Waals surface area contributed by atoms with Crippen LogP contribution in [0.4, 0.5) is 5.69 Å². The van der Waals surface area contributed by atoms with Crippen molar-refractivity contribution in [3.8, 4) is 11.3 Å². The average molecular weight is 227 g/mol. The summed E-state index contributed by atoms with van der Waals surface area (Å²) in [6, 6.07) is 12.9. The zero-order valence-electron chi connectivity index (χ0n) is 9.82. The number of nitrogens with zero attached hydrogens (tertiary/aromatic N) is 1. The fraction of sp³-hybridized carbons (Fsp3) is 0.286. The van der Waals surface area contributed by atoms with Crippen LogP contribution in [0.5, 0.6) is 0 Å². The van der Waals surface area contributed by atoms with E-state index in [1.54, 1.807) is 0 Å². The summed E-state index contributed by atoms with van der Waals surface area (Å²) in [5.74, 6) is 0. The van der Waals surface area contributed by atoms with Gasteiger partial charge in [0, 0.05) is 43.8 Å². The second-order valence-corrected chi connectivity index (χ2v) is 4.37. The van der Waals surface area contributed by atoms with Crippen LogP contribution in [0.15, 0.2) is 42.6 Å². The molecule has 0 bridgehead atoms. The lowest BCUT2D eigenvalue weighted by atomic mass is 10.1. The maximum absolute atomic E-state index is 3.37. The van der Waals surface area contributed by atoms with Gasteiger partial charge in [-0.15, -0.1) is 0 Å². The Labute approximate surface area is 101 Å². The van der Waals surface area contributed by atoms with Crippen molar-refractivity contribution in [2.75, 3.05) is 31.1 Å². The molecule has 3 nitrogen and oxygen atoms in total. The van der Waals surface area contributed by atoms with Crippen LogP contribution in [0.2, 0.25) is 0 Å². The molecule has 88 valence electrons. The van der Waals surface area contributed by atoms with E-state index in [0.717, 1.165) is 26.2 Å². The number of benzene rings is 1. The maximum atomic E-state index is 3.37. The van der Waals surface area contributed by atoms with Crippen molar-refractivity contribution >= 4 is 5.69 Å². The van der Waals surface area contributed by atoms with Gasteiger partial charge in [-0.2, -0.15) is 0 Å². The molecule has 1 aromatic heterocycles. The molecule has 0 radical (unpaired) electrons. The van der Waals surface area contributed by atoms with E-state index in [-0.39, 0.29) is 0 Å². The van der Waals surface area contributed by atoms with Gasteiger partial charge < -0.3 is 15.2 Å². The SMILES string of the molecule is c1c[nH]c(-c2ccc(N3CCNCC3)cc2)c1. The summed E-state index contributed by atoms with van der Waals surface area (Å²) in [6.07, 6.45) is 1.96. The minimum absolute atomic E-state index is 1.08. The van der Waals surface area contributed by atoms with Crippen molar-refractivity contribution in [2.24, 2.45) is 0 Å². The van der Waals surface area contributed by atoms with E-state index in [1.807, 2.05) is 12.3 Å². The van der Waals surface area contributed by atoms with Crippen molar-refractivity contribution in [2.45, 2.75) is 0 Å². The van der Waals surface area contributed by atoms with Crippen LogP contribution in [-0.4, -0.2) is 31.2 Å². The van der Waals surface area contributed by atoms with E-state index >= 15 is 0 Å². The third-order valence-corrected chi connectivity index (χ3v) is 3.26. The van der Waals surface area contributed by atoms with Gasteiger partial charge in [0.25, 0.3) is 0 Å². The van der Waals surface area contributed by atoms with E-state index in [9.17, 15) is 0 Å². The van der Waals surface area contributed by atoms with Gasteiger partial charge in [-0.3, -0.25) is 0 Å². The normalized spacial score (nSPS) is 16.1. The van der Waals surface area contributed by atoms with Crippen LogP contribution in [0.3, 0.4) is 0 Å². The van der Waals surface area contributed by atoms with Gasteiger partial charge in [-0.25, -0.2) is 0 Å². The summed E-state index contributed by atoms with van der Waals surface area (Å²) in [5.41, 5.74) is 3.74. The highest BCUT2D eigenvalue weighted by Gasteiger charge is 2.10. The predicted octanol–water partition coefficient (Wildman–Crippen LogP) is 2.09. The van der Waals surface area contributed by atoms with E-state index < -0.39 is 0 Å². The standard InChI is InChI=1S/C14H17N3/c1-2-14(16-7-1)12-3-5-13(6-4-12)17-10-8-15-9-11-17/h1-7,15-16H,8-11H2. The molecule has 3 rings (SSSR count). The smallest absolute Gasteiger partial charge is 0.0453 e. The van der Waals surface area contributed by atoms with Crippen molar-refractivity contribution in [1.29, 1.82) is 0 Å². The molecular formula is C14H17N3. The Kier molecular flexibility index (Phi) is 2.84. The van der Waals surface area contributed by atoms with Crippen LogP contribution in [-0.2, 0) is 0 Å². The molecule has 2 aromatic rings. The number of anilines is 1. The molecule has 1 fully saturated rings. The molecule has 0 atom stereocenters. The third kappa shape index (κ3) is 2.19. The number of aromatic nitrogens is 1. The number of piperazine rings is 1. The van der Waals surface area contributed by atoms with Crippen LogP contribution in [0.1, 0.15) is 0 Å². The Morgan fingerprint density at radius 1 is 0.941 bits per heavy atom. The van der Waals surface area contributed by atoms with Gasteiger partial charge >= 0.3 is 0 Å². The van der Waals surface area contributed by atoms with Crippen molar-refractivity contribution in [3.05, 3.63) is 42.6 Å². The molecule has 2 N–H and O–H groups in total. The van der Waals surface area contributed by atoms with Crippen LogP contribution in [0.25, 0.3) is 11.3 Å². The Morgan fingerprint density at radius 2 is 1.71 bits per heavy atom. The molecule has 0 aliphatic carbocycles. The quantitative estimate of drug-likeness (QED) is 0.823. The summed E-state index contributed by atoms with van der Waals surface area (Å²) in [6.45, 7) is 4.36. The Hall–Kier alpha value is -1.74. The third-order valence-electron chi connectivity index (χ3n) is 3.26. The summed E-state index contributed by atoms with van der Waals surface area (Å²) in [4.78, 5) is 5.65. The number of nitrogens with one attached hydrogen (secondary N) is 2. The first kappa shape index (κ1) is 10.4. The van der Waals surface area contributed by atoms with Crippen molar-refractivity contribution in [1.82, 2.24) is 10.3 Å².